The van der Waals surface area contributed by atoms with Gasteiger partial charge in [0.25, 0.3) is 0 Å². The van der Waals surface area contributed by atoms with Crippen molar-refractivity contribution in [2.75, 3.05) is 20.8 Å². The first kappa shape index (κ1) is 12.7. The van der Waals surface area contributed by atoms with Gasteiger partial charge in [-0.15, -0.1) is 0 Å². The molecular weight excluding hydrogens is 232 g/mol. The highest BCUT2D eigenvalue weighted by atomic mass is 16.5. The minimum Gasteiger partial charge on any atom is -0.496 e. The molecule has 2 rings (SSSR count). The molecule has 0 aromatic heterocycles. The van der Waals surface area contributed by atoms with E-state index in [-0.39, 0.29) is 11.9 Å². The first-order valence-corrected chi connectivity index (χ1v) is 5.89. The number of nitrogens with two attached hydrogens (primary N) is 1. The maximum Gasteiger partial charge on any atom is 0.224 e. The molecule has 18 heavy (non-hydrogen) atoms. The lowest BCUT2D eigenvalue weighted by Crippen LogP contribution is -2.28. The van der Waals surface area contributed by atoms with Gasteiger partial charge in [-0.1, -0.05) is 6.07 Å². The first-order valence-electron chi connectivity index (χ1n) is 5.89. The third-order valence-corrected chi connectivity index (χ3v) is 3.12. The second-order valence-corrected chi connectivity index (χ2v) is 4.38. The molecule has 1 aliphatic heterocycles. The van der Waals surface area contributed by atoms with E-state index in [9.17, 15) is 4.79 Å². The van der Waals surface area contributed by atoms with Crippen LogP contribution in [0.25, 0.3) is 0 Å². The molecule has 1 heterocycles. The fourth-order valence-electron chi connectivity index (χ4n) is 2.23. The van der Waals surface area contributed by atoms with Crippen molar-refractivity contribution >= 4 is 5.91 Å². The van der Waals surface area contributed by atoms with Gasteiger partial charge < -0.3 is 20.1 Å². The first-order chi connectivity index (χ1) is 8.65. The average Bonchev–Trinajstić information content (AvgIpc) is 2.68. The number of methoxy groups -OCH3 is 2. The number of amides is 1. The van der Waals surface area contributed by atoms with E-state index in [1.54, 1.807) is 19.1 Å². The zero-order valence-electron chi connectivity index (χ0n) is 10.7. The quantitative estimate of drug-likeness (QED) is 0.857. The molecule has 1 unspecified atom stereocenters. The van der Waals surface area contributed by atoms with Crippen LogP contribution < -0.4 is 15.2 Å². The molecule has 5 nitrogen and oxygen atoms in total. The van der Waals surface area contributed by atoms with Crippen molar-refractivity contribution in [3.05, 3.63) is 23.8 Å². The second-order valence-electron chi connectivity index (χ2n) is 4.38. The predicted octanol–water partition coefficient (Wildman–Crippen LogP) is 0.763. The zero-order chi connectivity index (χ0) is 13.1. The van der Waals surface area contributed by atoms with Gasteiger partial charge in [-0.05, 0) is 12.1 Å². The molecule has 5 heteroatoms. The van der Waals surface area contributed by atoms with Crippen LogP contribution in [0.4, 0.5) is 0 Å². The molecule has 1 aromatic carbocycles. The molecular formula is C13H18N2O3. The highest BCUT2D eigenvalue weighted by Gasteiger charge is 2.28. The number of hydrogen-bond donors (Lipinski definition) is 1. The molecule has 98 valence electrons. The average molecular weight is 250 g/mol. The van der Waals surface area contributed by atoms with Crippen LogP contribution in [0.15, 0.2) is 18.2 Å². The van der Waals surface area contributed by atoms with Gasteiger partial charge in [-0.2, -0.15) is 0 Å². The van der Waals surface area contributed by atoms with Crippen LogP contribution >= 0.6 is 0 Å². The van der Waals surface area contributed by atoms with Crippen molar-refractivity contribution in [1.82, 2.24) is 4.90 Å². The molecule has 1 saturated heterocycles. The molecule has 1 aliphatic rings. The van der Waals surface area contributed by atoms with E-state index in [4.69, 9.17) is 15.2 Å². The Hall–Kier alpha value is -1.75. The van der Waals surface area contributed by atoms with Crippen molar-refractivity contribution in [2.24, 2.45) is 5.73 Å². The topological polar surface area (TPSA) is 64.8 Å². The van der Waals surface area contributed by atoms with E-state index >= 15 is 0 Å². The Morgan fingerprint density at radius 3 is 2.39 bits per heavy atom. The van der Waals surface area contributed by atoms with Crippen LogP contribution in [0, 0.1) is 0 Å². The van der Waals surface area contributed by atoms with Crippen LogP contribution in [-0.2, 0) is 11.3 Å². The molecule has 0 aliphatic carbocycles. The molecule has 0 saturated carbocycles. The number of carbonyl (C=O) groups is 1. The fraction of sp³-hybridized carbons (Fsp3) is 0.462. The number of likely N-dealkylation sites (tertiary alicyclic amines) is 1. The summed E-state index contributed by atoms with van der Waals surface area (Å²) in [6.45, 7) is 1.06. The summed E-state index contributed by atoms with van der Waals surface area (Å²) in [5.41, 5.74) is 6.66. The number of hydrogen-bond acceptors (Lipinski definition) is 4. The standard InChI is InChI=1S/C13H18N2O3/c1-17-11-4-3-5-12(18-2)10(11)8-15-7-9(14)6-13(15)16/h3-5,9H,6-8,14H2,1-2H3. The molecule has 0 radical (unpaired) electrons. The largest absolute Gasteiger partial charge is 0.496 e. The highest BCUT2D eigenvalue weighted by molar-refractivity contribution is 5.79. The number of benzene rings is 1. The number of carbonyl (C=O) groups excluding carboxylic acids is 1. The van der Waals surface area contributed by atoms with Gasteiger partial charge in [0.1, 0.15) is 11.5 Å². The normalized spacial score (nSPS) is 19.2. The van der Waals surface area contributed by atoms with Gasteiger partial charge in [0.2, 0.25) is 5.91 Å². The van der Waals surface area contributed by atoms with E-state index in [0.29, 0.717) is 19.5 Å². The Bertz CT molecular complexity index is 426. The minimum absolute atomic E-state index is 0.0711. The van der Waals surface area contributed by atoms with Gasteiger partial charge in [0, 0.05) is 19.0 Å². The van der Waals surface area contributed by atoms with E-state index in [1.165, 1.54) is 0 Å². The Morgan fingerprint density at radius 2 is 1.94 bits per heavy atom. The Balaban J connectivity index is 2.25. The van der Waals surface area contributed by atoms with Crippen LogP contribution in [0.3, 0.4) is 0 Å². The summed E-state index contributed by atoms with van der Waals surface area (Å²) in [6.07, 6.45) is 0.414. The number of rotatable bonds is 4. The summed E-state index contributed by atoms with van der Waals surface area (Å²) in [7, 11) is 3.21. The van der Waals surface area contributed by atoms with Crippen molar-refractivity contribution in [3.63, 3.8) is 0 Å². The van der Waals surface area contributed by atoms with Gasteiger partial charge in [0.15, 0.2) is 0 Å². The maximum absolute atomic E-state index is 11.8. The predicted molar refractivity (Wildman–Crippen MR) is 67.6 cm³/mol. The number of ether oxygens (including phenoxy) is 2. The van der Waals surface area contributed by atoms with Gasteiger partial charge in [0.05, 0.1) is 26.3 Å². The Kier molecular flexibility index (Phi) is 3.72. The number of nitrogens with zero attached hydrogens (tertiary/aromatic N) is 1. The summed E-state index contributed by atoms with van der Waals surface area (Å²) in [4.78, 5) is 13.5. The fourth-order valence-corrected chi connectivity index (χ4v) is 2.23. The van der Waals surface area contributed by atoms with Gasteiger partial charge in [-0.25, -0.2) is 0 Å². The summed E-state index contributed by atoms with van der Waals surface area (Å²) in [5, 5.41) is 0. The zero-order valence-corrected chi connectivity index (χ0v) is 10.7. The van der Waals surface area contributed by atoms with Crippen LogP contribution in [0.2, 0.25) is 0 Å². The monoisotopic (exact) mass is 250 g/mol. The van der Waals surface area contributed by atoms with Gasteiger partial charge >= 0.3 is 0 Å². The second kappa shape index (κ2) is 5.27. The molecule has 1 atom stereocenters. The Morgan fingerprint density at radius 1 is 1.33 bits per heavy atom. The Labute approximate surface area is 106 Å². The molecule has 0 spiro atoms. The smallest absolute Gasteiger partial charge is 0.224 e. The SMILES string of the molecule is COc1cccc(OC)c1CN1CC(N)CC1=O. The summed E-state index contributed by atoms with van der Waals surface area (Å²) < 4.78 is 10.6. The summed E-state index contributed by atoms with van der Waals surface area (Å²) in [6, 6.07) is 5.51. The van der Waals surface area contributed by atoms with Gasteiger partial charge in [-0.3, -0.25) is 4.79 Å². The molecule has 2 N–H and O–H groups in total. The van der Waals surface area contributed by atoms with Crippen LogP contribution in [0.5, 0.6) is 11.5 Å². The van der Waals surface area contributed by atoms with Crippen molar-refractivity contribution < 1.29 is 14.3 Å². The van der Waals surface area contributed by atoms with E-state index in [1.807, 2.05) is 18.2 Å². The third-order valence-electron chi connectivity index (χ3n) is 3.12. The lowest BCUT2D eigenvalue weighted by Gasteiger charge is -2.19. The lowest BCUT2D eigenvalue weighted by molar-refractivity contribution is -0.128. The molecule has 1 fully saturated rings. The van der Waals surface area contributed by atoms with Crippen LogP contribution in [-0.4, -0.2) is 37.6 Å². The molecule has 1 aromatic rings. The maximum atomic E-state index is 11.8. The lowest BCUT2D eigenvalue weighted by atomic mass is 10.1. The minimum atomic E-state index is -0.0711. The van der Waals surface area contributed by atoms with Crippen LogP contribution in [0.1, 0.15) is 12.0 Å². The van der Waals surface area contributed by atoms with Crippen molar-refractivity contribution in [2.45, 2.75) is 19.0 Å². The summed E-state index contributed by atoms with van der Waals surface area (Å²) in [5.74, 6) is 1.53. The molecule has 1 amide bonds. The van der Waals surface area contributed by atoms with E-state index < -0.39 is 0 Å². The third kappa shape index (κ3) is 2.41. The highest BCUT2D eigenvalue weighted by Crippen LogP contribution is 2.30. The van der Waals surface area contributed by atoms with E-state index in [2.05, 4.69) is 0 Å². The summed E-state index contributed by atoms with van der Waals surface area (Å²) >= 11 is 0. The van der Waals surface area contributed by atoms with Crippen molar-refractivity contribution in [3.8, 4) is 11.5 Å². The van der Waals surface area contributed by atoms with E-state index in [0.717, 1.165) is 17.1 Å². The van der Waals surface area contributed by atoms with Crippen molar-refractivity contribution in [1.29, 1.82) is 0 Å². The molecule has 0 bridgehead atoms.